The molecule has 6 nitrogen and oxygen atoms in total. The van der Waals surface area contributed by atoms with E-state index in [9.17, 15) is 15.2 Å². The van der Waals surface area contributed by atoms with Crippen molar-refractivity contribution in [3.63, 3.8) is 0 Å². The molecule has 2 aromatic rings. The molecule has 1 unspecified atom stereocenters. The molecule has 1 atom stereocenters. The summed E-state index contributed by atoms with van der Waals surface area (Å²) in [6.07, 6.45) is -0.703. The molecule has 0 fully saturated rings. The lowest BCUT2D eigenvalue weighted by molar-refractivity contribution is -0.383. The Balaban J connectivity index is 2.31. The molecule has 2 heterocycles. The van der Waals surface area contributed by atoms with Gasteiger partial charge < -0.3 is 10.0 Å². The predicted molar refractivity (Wildman–Crippen MR) is 80.6 cm³/mol. The van der Waals surface area contributed by atoms with E-state index < -0.39 is 11.0 Å². The molecule has 2 rings (SSSR count). The van der Waals surface area contributed by atoms with Crippen LogP contribution in [-0.4, -0.2) is 22.1 Å². The van der Waals surface area contributed by atoms with Gasteiger partial charge in [-0.2, -0.15) is 0 Å². The van der Waals surface area contributed by atoms with Gasteiger partial charge >= 0.3 is 5.69 Å². The number of thiazole rings is 1. The van der Waals surface area contributed by atoms with Gasteiger partial charge in [0.1, 0.15) is 0 Å². The molecule has 8 heteroatoms. The van der Waals surface area contributed by atoms with Crippen molar-refractivity contribution in [3.05, 3.63) is 37.1 Å². The quantitative estimate of drug-likeness (QED) is 0.677. The second kappa shape index (κ2) is 5.86. The van der Waals surface area contributed by atoms with Crippen LogP contribution in [0.5, 0.6) is 0 Å². The first-order chi connectivity index (χ1) is 9.40. The molecule has 0 aromatic carbocycles. The number of aliphatic hydroxyl groups excluding tert-OH is 1. The lowest BCUT2D eigenvalue weighted by Gasteiger charge is -2.15. The van der Waals surface area contributed by atoms with Crippen LogP contribution in [0, 0.1) is 17.0 Å². The molecular weight excluding hydrogens is 298 g/mol. The van der Waals surface area contributed by atoms with Crippen molar-refractivity contribution >= 4 is 33.4 Å². The van der Waals surface area contributed by atoms with Crippen molar-refractivity contribution in [3.8, 4) is 0 Å². The summed E-state index contributed by atoms with van der Waals surface area (Å²) in [7, 11) is 1.81. The largest absolute Gasteiger partial charge is 0.388 e. The van der Waals surface area contributed by atoms with Gasteiger partial charge in [-0.05, 0) is 13.8 Å². The van der Waals surface area contributed by atoms with Gasteiger partial charge in [0.2, 0.25) is 0 Å². The van der Waals surface area contributed by atoms with Crippen LogP contribution in [0.1, 0.15) is 28.5 Å². The van der Waals surface area contributed by atoms with E-state index in [-0.39, 0.29) is 5.69 Å². The molecule has 20 heavy (non-hydrogen) atoms. The van der Waals surface area contributed by atoms with E-state index in [0.29, 0.717) is 16.4 Å². The van der Waals surface area contributed by atoms with Gasteiger partial charge in [-0.3, -0.25) is 10.1 Å². The van der Waals surface area contributed by atoms with Crippen LogP contribution in [0.15, 0.2) is 11.6 Å². The zero-order valence-corrected chi connectivity index (χ0v) is 13.0. The monoisotopic (exact) mass is 313 g/mol. The minimum atomic E-state index is -0.703. The fraction of sp³-hybridized carbons (Fsp3) is 0.417. The molecular formula is C12H15N3O3S2. The molecule has 2 aromatic heterocycles. The van der Waals surface area contributed by atoms with Gasteiger partial charge in [-0.15, -0.1) is 22.7 Å². The number of aliphatic hydroxyl groups is 1. The maximum atomic E-state index is 11.1. The molecule has 0 aliphatic rings. The zero-order chi connectivity index (χ0) is 14.9. The first kappa shape index (κ1) is 14.9. The second-order valence-corrected chi connectivity index (χ2v) is 6.49. The van der Waals surface area contributed by atoms with Gasteiger partial charge in [0, 0.05) is 22.9 Å². The van der Waals surface area contributed by atoms with E-state index in [4.69, 9.17) is 0 Å². The van der Waals surface area contributed by atoms with E-state index in [0.717, 1.165) is 10.6 Å². The first-order valence-corrected chi connectivity index (χ1v) is 7.66. The highest BCUT2D eigenvalue weighted by molar-refractivity contribution is 7.16. The summed E-state index contributed by atoms with van der Waals surface area (Å²) in [4.78, 5) is 18.4. The maximum Gasteiger partial charge on any atom is 0.304 e. The smallest absolute Gasteiger partial charge is 0.304 e. The van der Waals surface area contributed by atoms with Crippen LogP contribution in [0.3, 0.4) is 0 Å². The van der Waals surface area contributed by atoms with Crippen molar-refractivity contribution in [2.24, 2.45) is 0 Å². The molecule has 0 aliphatic carbocycles. The van der Waals surface area contributed by atoms with Gasteiger partial charge in [-0.25, -0.2) is 4.98 Å². The van der Waals surface area contributed by atoms with Crippen molar-refractivity contribution in [2.45, 2.75) is 26.5 Å². The Hall–Kier alpha value is -1.51. The standard InChI is InChI=1S/C12H15N3O3S2/c1-7-11(19-6-13-7)5-14(3)12-9(15(17)18)4-10(20-12)8(2)16/h4,6,8,16H,5H2,1-3H3. The van der Waals surface area contributed by atoms with Crippen molar-refractivity contribution < 1.29 is 10.0 Å². The summed E-state index contributed by atoms with van der Waals surface area (Å²) in [5.74, 6) is 0. The Morgan fingerprint density at radius 2 is 2.30 bits per heavy atom. The number of aryl methyl sites for hydroxylation is 1. The normalized spacial score (nSPS) is 12.4. The number of aromatic nitrogens is 1. The molecule has 0 bridgehead atoms. The van der Waals surface area contributed by atoms with Crippen LogP contribution in [0.25, 0.3) is 0 Å². The van der Waals surface area contributed by atoms with E-state index in [1.807, 2.05) is 18.9 Å². The average Bonchev–Trinajstić information content (AvgIpc) is 2.96. The molecule has 1 N–H and O–H groups in total. The summed E-state index contributed by atoms with van der Waals surface area (Å²) in [5.41, 5.74) is 2.75. The Labute approximate surface area is 124 Å². The van der Waals surface area contributed by atoms with Crippen molar-refractivity contribution in [2.75, 3.05) is 11.9 Å². The van der Waals surface area contributed by atoms with Crippen LogP contribution in [0.4, 0.5) is 10.7 Å². The maximum absolute atomic E-state index is 11.1. The third-order valence-electron chi connectivity index (χ3n) is 2.89. The Kier molecular flexibility index (Phi) is 4.36. The fourth-order valence-electron chi connectivity index (χ4n) is 1.77. The highest BCUT2D eigenvalue weighted by atomic mass is 32.1. The van der Waals surface area contributed by atoms with Gasteiger partial charge in [-0.1, -0.05) is 0 Å². The van der Waals surface area contributed by atoms with Gasteiger partial charge in [0.05, 0.1) is 28.8 Å². The van der Waals surface area contributed by atoms with Gasteiger partial charge in [0.15, 0.2) is 5.00 Å². The number of anilines is 1. The van der Waals surface area contributed by atoms with Crippen molar-refractivity contribution in [1.82, 2.24) is 4.98 Å². The molecule has 0 amide bonds. The molecule has 0 saturated carbocycles. The van der Waals surface area contributed by atoms with E-state index in [1.54, 1.807) is 12.4 Å². The third-order valence-corrected chi connectivity index (χ3v) is 5.22. The number of rotatable bonds is 5. The molecule has 0 saturated heterocycles. The predicted octanol–water partition coefficient (Wildman–Crippen LogP) is 3.11. The van der Waals surface area contributed by atoms with Gasteiger partial charge in [0.25, 0.3) is 0 Å². The molecule has 0 radical (unpaired) electrons. The number of thiophene rings is 1. The van der Waals surface area contributed by atoms with Crippen LogP contribution in [-0.2, 0) is 6.54 Å². The molecule has 0 spiro atoms. The summed E-state index contributed by atoms with van der Waals surface area (Å²) >= 11 is 2.78. The average molecular weight is 313 g/mol. The minimum absolute atomic E-state index is 0.0376. The van der Waals surface area contributed by atoms with Crippen molar-refractivity contribution in [1.29, 1.82) is 0 Å². The molecule has 108 valence electrons. The van der Waals surface area contributed by atoms with E-state index in [2.05, 4.69) is 4.98 Å². The lowest BCUT2D eigenvalue weighted by atomic mass is 10.3. The highest BCUT2D eigenvalue weighted by Gasteiger charge is 2.24. The van der Waals surface area contributed by atoms with E-state index >= 15 is 0 Å². The number of hydrogen-bond acceptors (Lipinski definition) is 7. The van der Waals surface area contributed by atoms with Crippen LogP contribution < -0.4 is 4.90 Å². The lowest BCUT2D eigenvalue weighted by Crippen LogP contribution is -2.16. The number of hydrogen-bond donors (Lipinski definition) is 1. The second-order valence-electron chi connectivity index (χ2n) is 4.49. The third kappa shape index (κ3) is 2.97. The zero-order valence-electron chi connectivity index (χ0n) is 11.4. The number of nitro groups is 1. The van der Waals surface area contributed by atoms with Crippen LogP contribution in [0.2, 0.25) is 0 Å². The number of nitrogens with zero attached hydrogens (tertiary/aromatic N) is 3. The Morgan fingerprint density at radius 3 is 2.80 bits per heavy atom. The topological polar surface area (TPSA) is 79.5 Å². The Bertz CT molecular complexity index is 621. The first-order valence-electron chi connectivity index (χ1n) is 5.96. The summed E-state index contributed by atoms with van der Waals surface area (Å²) in [5, 5.41) is 21.3. The highest BCUT2D eigenvalue weighted by Crippen LogP contribution is 2.40. The minimum Gasteiger partial charge on any atom is -0.388 e. The summed E-state index contributed by atoms with van der Waals surface area (Å²) in [6.45, 7) is 4.09. The van der Waals surface area contributed by atoms with Crippen LogP contribution >= 0.6 is 22.7 Å². The fourth-order valence-corrected chi connectivity index (χ4v) is 3.62. The summed E-state index contributed by atoms with van der Waals surface area (Å²) in [6, 6.07) is 1.45. The molecule has 0 aliphatic heterocycles. The van der Waals surface area contributed by atoms with E-state index in [1.165, 1.54) is 28.7 Å². The summed E-state index contributed by atoms with van der Waals surface area (Å²) < 4.78 is 0. The Morgan fingerprint density at radius 1 is 1.60 bits per heavy atom. The SMILES string of the molecule is Cc1ncsc1CN(C)c1sc(C(C)O)cc1[N+](=O)[O-].